The first-order chi connectivity index (χ1) is 38.6. The van der Waals surface area contributed by atoms with Crippen molar-refractivity contribution in [2.45, 2.75) is 225 Å². The van der Waals surface area contributed by atoms with Crippen LogP contribution in [0.1, 0.15) is 213 Å². The first-order valence-electron chi connectivity index (χ1n) is 32.6. The average molecular weight is 1170 g/mol. The molecule has 10 rings (SSSR count). The van der Waals surface area contributed by atoms with Gasteiger partial charge in [-0.3, -0.25) is 25.3 Å². The third-order valence-electron chi connectivity index (χ3n) is 28.2. The molecule has 20 atom stereocenters. The Bertz CT molecular complexity index is 2530. The molecule has 476 valence electrons. The molecule has 0 amide bonds. The zero-order chi connectivity index (χ0) is 63.3. The molecule has 0 aromatic heterocycles. The topological polar surface area (TPSA) is 300 Å². The molecule has 10 aliphatic rings. The normalized spacial score (nSPS) is 45.5. The lowest BCUT2D eigenvalue weighted by atomic mass is 9.33. The number of fused-ring (bicyclic) bond motifs is 14. The molecule has 15 N–H and O–H groups in total. The molecule has 84 heavy (non-hydrogen) atoms. The molecular formula is C68H119N10O6+. The summed E-state index contributed by atoms with van der Waals surface area (Å²) in [7, 11) is 6.95. The highest BCUT2D eigenvalue weighted by atomic mass is 16.4. The number of carbonyl (C=O) groups is 2. The molecule has 8 fully saturated rings. The van der Waals surface area contributed by atoms with Crippen LogP contribution in [-0.2, 0) is 9.59 Å². The number of aliphatic imine (C=N–C) groups is 2. The average Bonchev–Trinajstić information content (AvgIpc) is 0.694. The number of aliphatic carboxylic acids is 2. The first-order valence-corrected chi connectivity index (χ1v) is 32.6. The third-order valence-corrected chi connectivity index (χ3v) is 28.2. The lowest BCUT2D eigenvalue weighted by Gasteiger charge is -2.71. The maximum Gasteiger partial charge on any atom is 0.387 e. The lowest BCUT2D eigenvalue weighted by Crippen LogP contribution is -2.65. The number of hydrogen-bond donors (Lipinski definition) is 10. The Balaban J connectivity index is 0.000000187. The number of nitrogens with one attached hydrogen (secondary N) is 1. The van der Waals surface area contributed by atoms with Crippen molar-refractivity contribution < 1.29 is 34.6 Å². The minimum atomic E-state index is -0.557. The van der Waals surface area contributed by atoms with Crippen LogP contribution in [0.25, 0.3) is 0 Å². The highest BCUT2D eigenvalue weighted by molar-refractivity contribution is 5.91. The van der Waals surface area contributed by atoms with Gasteiger partial charge in [0.15, 0.2) is 5.96 Å². The maximum absolute atomic E-state index is 12.8. The highest BCUT2D eigenvalue weighted by Crippen LogP contribution is 2.78. The molecule has 0 spiro atoms. The van der Waals surface area contributed by atoms with E-state index in [9.17, 15) is 30.0 Å². The molecule has 0 radical (unpaired) electrons. The Kier molecular flexibility index (Phi) is 18.5. The Labute approximate surface area is 506 Å². The van der Waals surface area contributed by atoms with Crippen molar-refractivity contribution in [3.8, 4) is 0 Å². The van der Waals surface area contributed by atoms with Crippen LogP contribution in [0, 0.1) is 119 Å². The fraction of sp³-hybridized carbons (Fsp3) is 0.853. The summed E-state index contributed by atoms with van der Waals surface area (Å²) < 4.78 is 1.61. The Morgan fingerprint density at radius 3 is 1.20 bits per heavy atom. The summed E-state index contributed by atoms with van der Waals surface area (Å²) in [5.74, 6) is 3.89. The van der Waals surface area contributed by atoms with Gasteiger partial charge < -0.3 is 48.3 Å². The van der Waals surface area contributed by atoms with Crippen LogP contribution in [0.5, 0.6) is 0 Å². The standard InChI is InChI=1S/2C30H48O3.2C4H11N5/c2*1-18-10-15-30(25(32)33)17-16-28(6)20(24(30)19(18)2)8-9-22-27(5)13-12-23(31)26(3,4)21(27)11-14-29(22,28)7;2*1-9(2)4(7)8-3(5)6/h2*8,18-19,21-24,31H,9-17H2,1-7H3,(H,32,33);2*1-2H3,(H5,5,6,7,8)/p+1/t2*18-,19+,21+,22-,23+,24+,27+,28-,29-,30+;;/m11../s1. The number of nitrogens with two attached hydrogens (primary N) is 5. The monoisotopic (exact) mass is 1170 g/mol. The van der Waals surface area contributed by atoms with Gasteiger partial charge >= 0.3 is 17.9 Å². The number of allylic oxidation sites excluding steroid dienone is 4. The van der Waals surface area contributed by atoms with Gasteiger partial charge in [0.1, 0.15) is 0 Å². The van der Waals surface area contributed by atoms with Gasteiger partial charge in [-0.25, -0.2) is 0 Å². The van der Waals surface area contributed by atoms with Gasteiger partial charge in [-0.05, 0) is 223 Å². The number of aliphatic hydroxyl groups is 2. The summed E-state index contributed by atoms with van der Waals surface area (Å²) in [5, 5.41) is 49.5. The molecule has 0 aromatic carbocycles. The molecule has 8 saturated carbocycles. The van der Waals surface area contributed by atoms with Gasteiger partial charge in [-0.2, -0.15) is 4.99 Å². The lowest BCUT2D eigenvalue weighted by molar-refractivity contribution is -0.466. The Morgan fingerprint density at radius 1 is 0.548 bits per heavy atom. The zero-order valence-corrected chi connectivity index (χ0v) is 55.6. The summed E-state index contributed by atoms with van der Waals surface area (Å²) in [5.41, 5.74) is 28.5. The van der Waals surface area contributed by atoms with Crippen molar-refractivity contribution in [1.29, 1.82) is 5.41 Å². The van der Waals surface area contributed by atoms with Gasteiger partial charge in [0.25, 0.3) is 5.96 Å². The molecule has 0 bridgehead atoms. The summed E-state index contributed by atoms with van der Waals surface area (Å²) >= 11 is 0. The smallest absolute Gasteiger partial charge is 0.387 e. The van der Waals surface area contributed by atoms with E-state index in [1.165, 1.54) is 36.8 Å². The van der Waals surface area contributed by atoms with E-state index < -0.39 is 22.8 Å². The number of hydrogen-bond acceptors (Lipinski definition) is 5. The Hall–Kier alpha value is -4.18. The van der Waals surface area contributed by atoms with E-state index in [0.29, 0.717) is 53.3 Å². The van der Waals surface area contributed by atoms with Gasteiger partial charge in [0.2, 0.25) is 5.96 Å². The summed E-state index contributed by atoms with van der Waals surface area (Å²) in [6.45, 7) is 33.9. The number of carboxylic acid groups (broad SMARTS) is 2. The fourth-order valence-corrected chi connectivity index (χ4v) is 22.2. The van der Waals surface area contributed by atoms with Crippen LogP contribution in [-0.4, -0.2) is 106 Å². The van der Waals surface area contributed by atoms with Crippen molar-refractivity contribution in [3.63, 3.8) is 0 Å². The first kappa shape index (κ1) is 67.3. The van der Waals surface area contributed by atoms with Gasteiger partial charge in [0.05, 0.1) is 37.1 Å². The van der Waals surface area contributed by atoms with Gasteiger partial charge in [-0.15, -0.1) is 0 Å². The fourth-order valence-electron chi connectivity index (χ4n) is 22.2. The molecular weight excluding hydrogens is 1050 g/mol. The van der Waals surface area contributed by atoms with Crippen LogP contribution in [0.2, 0.25) is 0 Å². The number of carboxylic acids is 2. The predicted octanol–water partition coefficient (Wildman–Crippen LogP) is 10.8. The van der Waals surface area contributed by atoms with E-state index in [1.54, 1.807) is 37.7 Å². The molecule has 0 aromatic rings. The van der Waals surface area contributed by atoms with Crippen molar-refractivity contribution >= 4 is 35.8 Å². The quantitative estimate of drug-likeness (QED) is 0.0534. The van der Waals surface area contributed by atoms with Crippen molar-refractivity contribution in [2.24, 2.45) is 152 Å². The van der Waals surface area contributed by atoms with E-state index in [-0.39, 0.29) is 85.2 Å². The Morgan fingerprint density at radius 2 is 0.917 bits per heavy atom. The molecule has 16 heteroatoms. The molecule has 0 heterocycles. The third kappa shape index (κ3) is 10.4. The van der Waals surface area contributed by atoms with Crippen molar-refractivity contribution in [2.75, 3.05) is 28.2 Å². The van der Waals surface area contributed by atoms with Gasteiger partial charge in [-0.1, -0.05) is 120 Å². The van der Waals surface area contributed by atoms with Crippen LogP contribution in [0.3, 0.4) is 0 Å². The second kappa shape index (κ2) is 23.1. The maximum atomic E-state index is 12.8. The number of rotatable bonds is 2. The minimum absolute atomic E-state index is 0.0267. The molecule has 0 unspecified atom stereocenters. The molecule has 10 aliphatic carbocycles. The summed E-state index contributed by atoms with van der Waals surface area (Å²) in [6, 6.07) is 0. The van der Waals surface area contributed by atoms with Crippen LogP contribution >= 0.6 is 0 Å². The largest absolute Gasteiger partial charge is 0.481 e. The summed E-state index contributed by atoms with van der Waals surface area (Å²) in [4.78, 5) is 34.2. The minimum Gasteiger partial charge on any atom is -0.481 e. The van der Waals surface area contributed by atoms with E-state index in [1.807, 2.05) is 0 Å². The van der Waals surface area contributed by atoms with E-state index in [2.05, 4.69) is 119 Å². The molecule has 0 aliphatic heterocycles. The van der Waals surface area contributed by atoms with Crippen molar-refractivity contribution in [1.82, 2.24) is 4.90 Å². The van der Waals surface area contributed by atoms with Crippen LogP contribution in [0.15, 0.2) is 33.3 Å². The predicted molar refractivity (Wildman–Crippen MR) is 340 cm³/mol. The van der Waals surface area contributed by atoms with Crippen molar-refractivity contribution in [3.05, 3.63) is 23.3 Å². The van der Waals surface area contributed by atoms with Crippen LogP contribution in [0.4, 0.5) is 0 Å². The van der Waals surface area contributed by atoms with E-state index >= 15 is 0 Å². The zero-order valence-electron chi connectivity index (χ0n) is 55.6. The van der Waals surface area contributed by atoms with Gasteiger partial charge in [0, 0.05) is 14.1 Å². The molecule has 16 nitrogen and oxygen atoms in total. The number of aliphatic hydroxyl groups excluding tert-OH is 2. The van der Waals surface area contributed by atoms with E-state index in [4.69, 9.17) is 34.1 Å². The number of guanidine groups is 4. The SMILES string of the molecule is CN(C)C(N)=NC(=N)N.C[C@H]1[C@H](C)CC[C@]2(C(=O)O)CC[C@]3(C)C(=CC[C@@H]4[C@@]5(C)CC[C@H](O)C(C)(C)[C@@H]5CC[C@]43C)[C@H]12.C[C@H]1[C@H](C)CC[C@]2(C(=O)O)CC[C@]3(C)C(=CC[C@@H]4[C@@]5(C)CC[C@H](O)C(C)(C)[C@@H]5CC[C@]43C)[C@H]12.C[N+](C)=C(N)N=C(N)N. The van der Waals surface area contributed by atoms with Crippen LogP contribution < -0.4 is 28.7 Å². The second-order valence-electron chi connectivity index (χ2n) is 32.5. The van der Waals surface area contributed by atoms with E-state index in [0.717, 1.165) is 89.9 Å². The second-order valence-corrected chi connectivity index (χ2v) is 32.5. The summed E-state index contributed by atoms with van der Waals surface area (Å²) in [6.07, 6.45) is 23.3. The number of nitrogens with zero attached hydrogens (tertiary/aromatic N) is 4. The molecule has 0 saturated heterocycles. The highest BCUT2D eigenvalue weighted by Gasteiger charge is 2.72.